The molecule has 2 nitrogen and oxygen atoms in total. The first-order chi connectivity index (χ1) is 9.13. The Hall–Kier alpha value is -1.96. The van der Waals surface area contributed by atoms with Crippen LogP contribution in [0.4, 0.5) is 5.69 Å². The predicted molar refractivity (Wildman–Crippen MR) is 80.7 cm³/mol. The molecular weight excluding hydrogens is 234 g/mol. The summed E-state index contributed by atoms with van der Waals surface area (Å²) in [5, 5.41) is 9.38. The van der Waals surface area contributed by atoms with Gasteiger partial charge in [0.15, 0.2) is 0 Å². The Morgan fingerprint density at radius 3 is 2.26 bits per heavy atom. The smallest absolute Gasteiger partial charge is 0.115 e. The number of phenolic OH excluding ortho intramolecular Hbond substituents is 1. The Morgan fingerprint density at radius 1 is 1.05 bits per heavy atom. The molecule has 1 atom stereocenters. The molecule has 19 heavy (non-hydrogen) atoms. The van der Waals surface area contributed by atoms with Crippen LogP contribution in [0.3, 0.4) is 0 Å². The van der Waals surface area contributed by atoms with E-state index < -0.39 is 0 Å². The molecule has 0 aliphatic rings. The highest BCUT2D eigenvalue weighted by molar-refractivity contribution is 5.54. The van der Waals surface area contributed by atoms with Crippen molar-refractivity contribution in [1.82, 2.24) is 0 Å². The Bertz CT molecular complexity index is 533. The van der Waals surface area contributed by atoms with E-state index in [1.165, 1.54) is 16.8 Å². The molecule has 2 aromatic rings. The van der Waals surface area contributed by atoms with E-state index in [1.54, 1.807) is 12.1 Å². The fourth-order valence-electron chi connectivity index (χ4n) is 2.47. The maximum absolute atomic E-state index is 9.38. The van der Waals surface area contributed by atoms with E-state index in [2.05, 4.69) is 49.9 Å². The molecule has 0 heterocycles. The molecule has 0 aliphatic carbocycles. The fourth-order valence-corrected chi connectivity index (χ4v) is 2.47. The van der Waals surface area contributed by atoms with Crippen LogP contribution >= 0.6 is 0 Å². The van der Waals surface area contributed by atoms with Crippen molar-refractivity contribution in [1.29, 1.82) is 0 Å². The summed E-state index contributed by atoms with van der Waals surface area (Å²) in [4.78, 5) is 2.38. The van der Waals surface area contributed by atoms with Crippen LogP contribution in [0.25, 0.3) is 0 Å². The lowest BCUT2D eigenvalue weighted by atomic mass is 10.0. The van der Waals surface area contributed by atoms with Gasteiger partial charge in [0.1, 0.15) is 5.75 Å². The van der Waals surface area contributed by atoms with Crippen molar-refractivity contribution in [2.24, 2.45) is 0 Å². The highest BCUT2D eigenvalue weighted by Gasteiger charge is 2.16. The lowest BCUT2D eigenvalue weighted by Gasteiger charge is -2.32. The lowest BCUT2D eigenvalue weighted by Crippen LogP contribution is -2.27. The van der Waals surface area contributed by atoms with Gasteiger partial charge in [-0.15, -0.1) is 0 Å². The van der Waals surface area contributed by atoms with Crippen LogP contribution in [0.15, 0.2) is 48.5 Å². The third-order valence-electron chi connectivity index (χ3n) is 3.61. The van der Waals surface area contributed by atoms with Crippen molar-refractivity contribution < 1.29 is 5.11 Å². The first-order valence-electron chi connectivity index (χ1n) is 6.74. The quantitative estimate of drug-likeness (QED) is 0.881. The molecule has 0 bridgehead atoms. The van der Waals surface area contributed by atoms with Gasteiger partial charge >= 0.3 is 0 Å². The summed E-state index contributed by atoms with van der Waals surface area (Å²) in [5.41, 5.74) is 3.77. The van der Waals surface area contributed by atoms with Crippen molar-refractivity contribution in [3.8, 4) is 5.75 Å². The normalized spacial score (nSPS) is 12.2. The zero-order chi connectivity index (χ0) is 13.8. The number of phenols is 1. The maximum atomic E-state index is 9.38. The van der Waals surface area contributed by atoms with E-state index >= 15 is 0 Å². The SMILES string of the molecule is CCN(c1ccccc1C)C(C)c1ccc(O)cc1. The van der Waals surface area contributed by atoms with Gasteiger partial charge in [-0.05, 0) is 50.1 Å². The van der Waals surface area contributed by atoms with Crippen LogP contribution in [-0.2, 0) is 0 Å². The number of rotatable bonds is 4. The van der Waals surface area contributed by atoms with Crippen LogP contribution in [0.1, 0.15) is 31.0 Å². The Labute approximate surface area is 115 Å². The van der Waals surface area contributed by atoms with Gasteiger partial charge in [0.2, 0.25) is 0 Å². The molecule has 0 radical (unpaired) electrons. The van der Waals surface area contributed by atoms with Crippen LogP contribution in [0, 0.1) is 6.92 Å². The standard InChI is InChI=1S/C17H21NO/c1-4-18(17-8-6-5-7-13(17)2)14(3)15-9-11-16(19)12-10-15/h5-12,14,19H,4H2,1-3H3. The zero-order valence-corrected chi connectivity index (χ0v) is 11.8. The first kappa shape index (κ1) is 13.5. The van der Waals surface area contributed by atoms with Crippen molar-refractivity contribution in [2.45, 2.75) is 26.8 Å². The number of para-hydroxylation sites is 1. The van der Waals surface area contributed by atoms with E-state index in [9.17, 15) is 5.11 Å². The van der Waals surface area contributed by atoms with Crippen LogP contribution in [0.2, 0.25) is 0 Å². The number of hydrogen-bond donors (Lipinski definition) is 1. The molecule has 2 rings (SSSR count). The van der Waals surface area contributed by atoms with Crippen LogP contribution in [-0.4, -0.2) is 11.7 Å². The average molecular weight is 255 g/mol. The van der Waals surface area contributed by atoms with Gasteiger partial charge in [0.25, 0.3) is 0 Å². The topological polar surface area (TPSA) is 23.5 Å². The van der Waals surface area contributed by atoms with E-state index in [1.807, 2.05) is 12.1 Å². The lowest BCUT2D eigenvalue weighted by molar-refractivity contribution is 0.475. The number of aromatic hydroxyl groups is 1. The van der Waals surface area contributed by atoms with Crippen molar-refractivity contribution >= 4 is 5.69 Å². The molecule has 1 unspecified atom stereocenters. The van der Waals surface area contributed by atoms with Crippen molar-refractivity contribution in [2.75, 3.05) is 11.4 Å². The maximum Gasteiger partial charge on any atom is 0.115 e. The molecule has 0 aromatic heterocycles. The molecular formula is C17H21NO. The summed E-state index contributed by atoms with van der Waals surface area (Å²) >= 11 is 0. The fraction of sp³-hybridized carbons (Fsp3) is 0.294. The predicted octanol–water partition coefficient (Wildman–Crippen LogP) is 4.29. The van der Waals surface area contributed by atoms with E-state index in [0.717, 1.165) is 6.54 Å². The molecule has 2 aromatic carbocycles. The Morgan fingerprint density at radius 2 is 1.68 bits per heavy atom. The average Bonchev–Trinajstić information content (AvgIpc) is 2.42. The summed E-state index contributed by atoms with van der Waals surface area (Å²) in [6.45, 7) is 7.46. The molecule has 0 saturated carbocycles. The van der Waals surface area contributed by atoms with Crippen LogP contribution in [0.5, 0.6) is 5.75 Å². The van der Waals surface area contributed by atoms with E-state index in [4.69, 9.17) is 0 Å². The van der Waals surface area contributed by atoms with E-state index in [0.29, 0.717) is 5.75 Å². The molecule has 100 valence electrons. The molecule has 0 fully saturated rings. The number of nitrogens with zero attached hydrogens (tertiary/aromatic N) is 1. The molecule has 0 amide bonds. The molecule has 0 aliphatic heterocycles. The second-order valence-electron chi connectivity index (χ2n) is 4.84. The summed E-state index contributed by atoms with van der Waals surface area (Å²) in [7, 11) is 0. The second kappa shape index (κ2) is 5.79. The second-order valence-corrected chi connectivity index (χ2v) is 4.84. The number of benzene rings is 2. The largest absolute Gasteiger partial charge is 0.508 e. The van der Waals surface area contributed by atoms with Crippen molar-refractivity contribution in [3.05, 3.63) is 59.7 Å². The summed E-state index contributed by atoms with van der Waals surface area (Å²) in [6.07, 6.45) is 0. The Kier molecular flexibility index (Phi) is 4.10. The van der Waals surface area contributed by atoms with Gasteiger partial charge in [-0.1, -0.05) is 30.3 Å². The van der Waals surface area contributed by atoms with Gasteiger partial charge in [0.05, 0.1) is 6.04 Å². The number of aryl methyl sites for hydroxylation is 1. The minimum absolute atomic E-state index is 0.284. The minimum atomic E-state index is 0.284. The number of anilines is 1. The summed E-state index contributed by atoms with van der Waals surface area (Å²) in [5.74, 6) is 0.315. The Balaban J connectivity index is 2.32. The zero-order valence-electron chi connectivity index (χ0n) is 11.8. The monoisotopic (exact) mass is 255 g/mol. The minimum Gasteiger partial charge on any atom is -0.508 e. The summed E-state index contributed by atoms with van der Waals surface area (Å²) in [6, 6.07) is 16.2. The summed E-state index contributed by atoms with van der Waals surface area (Å²) < 4.78 is 0. The highest BCUT2D eigenvalue weighted by Crippen LogP contribution is 2.29. The third-order valence-corrected chi connectivity index (χ3v) is 3.61. The van der Waals surface area contributed by atoms with E-state index in [-0.39, 0.29) is 6.04 Å². The molecule has 0 spiro atoms. The molecule has 1 N–H and O–H groups in total. The van der Waals surface area contributed by atoms with Gasteiger partial charge in [0, 0.05) is 12.2 Å². The van der Waals surface area contributed by atoms with Crippen molar-refractivity contribution in [3.63, 3.8) is 0 Å². The highest BCUT2D eigenvalue weighted by atomic mass is 16.3. The first-order valence-corrected chi connectivity index (χ1v) is 6.74. The molecule has 2 heteroatoms. The third kappa shape index (κ3) is 2.90. The van der Waals surface area contributed by atoms with Gasteiger partial charge in [-0.3, -0.25) is 0 Å². The van der Waals surface area contributed by atoms with Gasteiger partial charge in [-0.25, -0.2) is 0 Å². The number of hydrogen-bond acceptors (Lipinski definition) is 2. The molecule has 0 saturated heterocycles. The van der Waals surface area contributed by atoms with Gasteiger partial charge in [-0.2, -0.15) is 0 Å². The van der Waals surface area contributed by atoms with Crippen LogP contribution < -0.4 is 4.90 Å². The van der Waals surface area contributed by atoms with Gasteiger partial charge < -0.3 is 10.0 Å².